The van der Waals surface area contributed by atoms with Gasteiger partial charge in [-0.3, -0.25) is 9.59 Å². The summed E-state index contributed by atoms with van der Waals surface area (Å²) < 4.78 is 0.852. The van der Waals surface area contributed by atoms with Crippen molar-refractivity contribution in [1.82, 2.24) is 10.7 Å². The zero-order valence-electron chi connectivity index (χ0n) is 13.3. The highest BCUT2D eigenvalue weighted by atomic mass is 79.9. The number of carbonyl (C=O) groups is 2. The molecule has 0 aliphatic heterocycles. The maximum absolute atomic E-state index is 11.5. The zero-order valence-corrected chi connectivity index (χ0v) is 15.7. The largest absolute Gasteiger partial charge is 0.355 e. The first-order chi connectivity index (χ1) is 12.0. The summed E-state index contributed by atoms with van der Waals surface area (Å²) in [6, 6.07) is 12.8. The predicted octanol–water partition coefficient (Wildman–Crippen LogP) is 3.43. The summed E-state index contributed by atoms with van der Waals surface area (Å²) in [7, 11) is 0. The van der Waals surface area contributed by atoms with Gasteiger partial charge in [-0.15, -0.1) is 0 Å². The van der Waals surface area contributed by atoms with Crippen LogP contribution in [0, 0.1) is 0 Å². The summed E-state index contributed by atoms with van der Waals surface area (Å²) in [4.78, 5) is 22.9. The second kappa shape index (κ2) is 9.19. The van der Waals surface area contributed by atoms with Gasteiger partial charge in [-0.1, -0.05) is 27.5 Å². The molecule has 0 saturated carbocycles. The summed E-state index contributed by atoms with van der Waals surface area (Å²) in [6.45, 7) is 2.10. The molecule has 0 aliphatic rings. The highest BCUT2D eigenvalue weighted by molar-refractivity contribution is 9.10. The van der Waals surface area contributed by atoms with Crippen molar-refractivity contribution in [2.45, 2.75) is 6.92 Å². The zero-order chi connectivity index (χ0) is 18.2. The second-order valence-electron chi connectivity index (χ2n) is 4.92. The molecule has 6 nitrogen and oxygen atoms in total. The number of halogens is 2. The fraction of sp³-hybridized carbons (Fsp3) is 0.118. The fourth-order valence-electron chi connectivity index (χ4n) is 1.90. The van der Waals surface area contributed by atoms with E-state index in [1.807, 2.05) is 30.3 Å². The molecule has 25 heavy (non-hydrogen) atoms. The molecule has 0 bridgehead atoms. The second-order valence-corrected chi connectivity index (χ2v) is 6.27. The number of rotatable bonds is 5. The quantitative estimate of drug-likeness (QED) is 0.391. The van der Waals surface area contributed by atoms with E-state index in [0.717, 1.165) is 21.4 Å². The van der Waals surface area contributed by atoms with Crippen LogP contribution in [0.5, 0.6) is 0 Å². The Morgan fingerprint density at radius 1 is 1.16 bits per heavy atom. The number of anilines is 2. The van der Waals surface area contributed by atoms with Crippen LogP contribution in [0.1, 0.15) is 12.5 Å². The molecule has 130 valence electrons. The van der Waals surface area contributed by atoms with Crippen LogP contribution in [-0.2, 0) is 9.59 Å². The molecule has 0 aliphatic carbocycles. The number of nitrogens with one attached hydrogen (secondary N) is 3. The number of nitrogens with zero attached hydrogens (tertiary/aromatic N) is 1. The highest BCUT2D eigenvalue weighted by Gasteiger charge is 2.10. The minimum atomic E-state index is -0.819. The fourth-order valence-corrected chi connectivity index (χ4v) is 2.40. The molecule has 2 aromatic rings. The number of amides is 2. The first-order valence-electron chi connectivity index (χ1n) is 7.43. The predicted molar refractivity (Wildman–Crippen MR) is 103 cm³/mol. The van der Waals surface area contributed by atoms with E-state index in [9.17, 15) is 9.59 Å². The van der Waals surface area contributed by atoms with E-state index >= 15 is 0 Å². The summed E-state index contributed by atoms with van der Waals surface area (Å²) in [6.07, 6.45) is 1.46. The Morgan fingerprint density at radius 3 is 2.56 bits per heavy atom. The average Bonchev–Trinajstić information content (AvgIpc) is 2.59. The van der Waals surface area contributed by atoms with Crippen LogP contribution in [0.25, 0.3) is 0 Å². The van der Waals surface area contributed by atoms with Crippen LogP contribution >= 0.6 is 27.5 Å². The first kappa shape index (κ1) is 19.0. The van der Waals surface area contributed by atoms with Crippen LogP contribution in [0.4, 0.5) is 11.4 Å². The maximum atomic E-state index is 11.5. The van der Waals surface area contributed by atoms with E-state index in [0.29, 0.717) is 11.6 Å². The molecule has 0 spiro atoms. The van der Waals surface area contributed by atoms with Gasteiger partial charge in [0.1, 0.15) is 0 Å². The summed E-state index contributed by atoms with van der Waals surface area (Å²) in [5, 5.41) is 10.1. The number of benzene rings is 2. The lowest BCUT2D eigenvalue weighted by Crippen LogP contribution is -2.37. The van der Waals surface area contributed by atoms with Crippen molar-refractivity contribution in [3.8, 4) is 0 Å². The first-order valence-corrected chi connectivity index (χ1v) is 8.60. The Bertz CT molecular complexity index is 794. The molecule has 8 heteroatoms. The van der Waals surface area contributed by atoms with E-state index in [4.69, 9.17) is 11.6 Å². The molecule has 2 rings (SSSR count). The number of hydrogen-bond donors (Lipinski definition) is 3. The van der Waals surface area contributed by atoms with Gasteiger partial charge >= 0.3 is 11.8 Å². The number of hydrazone groups is 1. The Hall–Kier alpha value is -2.38. The lowest BCUT2D eigenvalue weighted by Gasteiger charge is -2.10. The topological polar surface area (TPSA) is 82.6 Å². The third-order valence-electron chi connectivity index (χ3n) is 3.05. The van der Waals surface area contributed by atoms with Crippen molar-refractivity contribution in [1.29, 1.82) is 0 Å². The molecule has 0 saturated heterocycles. The third kappa shape index (κ3) is 5.88. The van der Waals surface area contributed by atoms with E-state index in [1.165, 1.54) is 6.21 Å². The minimum absolute atomic E-state index is 0.372. The Labute approximate surface area is 158 Å². The molecule has 0 fully saturated rings. The molecule has 0 heterocycles. The van der Waals surface area contributed by atoms with Crippen molar-refractivity contribution in [2.75, 3.05) is 11.9 Å². The van der Waals surface area contributed by atoms with Gasteiger partial charge in [0.25, 0.3) is 0 Å². The van der Waals surface area contributed by atoms with Crippen LogP contribution in [0.2, 0.25) is 5.02 Å². The van der Waals surface area contributed by atoms with Gasteiger partial charge in [-0.2, -0.15) is 5.10 Å². The molecular weight excluding hydrogens is 408 g/mol. The lowest BCUT2D eigenvalue weighted by molar-refractivity contribution is -0.139. The van der Waals surface area contributed by atoms with Gasteiger partial charge in [0.05, 0.1) is 6.21 Å². The van der Waals surface area contributed by atoms with Crippen LogP contribution in [0.15, 0.2) is 52.0 Å². The van der Waals surface area contributed by atoms with Gasteiger partial charge in [-0.25, -0.2) is 5.43 Å². The van der Waals surface area contributed by atoms with Crippen molar-refractivity contribution in [3.63, 3.8) is 0 Å². The van der Waals surface area contributed by atoms with Gasteiger partial charge in [-0.05, 0) is 49.4 Å². The van der Waals surface area contributed by atoms with Crippen molar-refractivity contribution < 1.29 is 9.59 Å². The van der Waals surface area contributed by atoms with E-state index in [1.54, 1.807) is 19.1 Å². The SMILES string of the molecule is CCNC(=O)C(=O)N/N=C\c1cc(Br)ccc1Nc1ccc(Cl)cc1. The maximum Gasteiger partial charge on any atom is 0.329 e. The van der Waals surface area contributed by atoms with E-state index < -0.39 is 11.8 Å². The van der Waals surface area contributed by atoms with Crippen LogP contribution in [-0.4, -0.2) is 24.6 Å². The molecule has 0 unspecified atom stereocenters. The Balaban J connectivity index is 2.12. The van der Waals surface area contributed by atoms with Crippen LogP contribution in [0.3, 0.4) is 0 Å². The average molecular weight is 424 g/mol. The van der Waals surface area contributed by atoms with Crippen LogP contribution < -0.4 is 16.1 Å². The highest BCUT2D eigenvalue weighted by Crippen LogP contribution is 2.24. The monoisotopic (exact) mass is 422 g/mol. The molecule has 3 N–H and O–H groups in total. The number of likely N-dealkylation sites (N-methyl/N-ethyl adjacent to an activating group) is 1. The molecule has 0 radical (unpaired) electrons. The van der Waals surface area contributed by atoms with Gasteiger partial charge in [0.15, 0.2) is 0 Å². The normalized spacial score (nSPS) is 10.5. The molecule has 0 atom stereocenters. The molecular formula is C17H16BrClN4O2. The third-order valence-corrected chi connectivity index (χ3v) is 3.80. The minimum Gasteiger partial charge on any atom is -0.355 e. The summed E-state index contributed by atoms with van der Waals surface area (Å²) in [5.74, 6) is -1.55. The van der Waals surface area contributed by atoms with Gasteiger partial charge in [0.2, 0.25) is 0 Å². The smallest absolute Gasteiger partial charge is 0.329 e. The van der Waals surface area contributed by atoms with Crippen molar-refractivity contribution >= 4 is 56.9 Å². The Morgan fingerprint density at radius 2 is 1.88 bits per heavy atom. The summed E-state index contributed by atoms with van der Waals surface area (Å²) >= 11 is 9.28. The van der Waals surface area contributed by atoms with E-state index in [2.05, 4.69) is 37.1 Å². The number of carbonyl (C=O) groups excluding carboxylic acids is 2. The van der Waals surface area contributed by atoms with Crippen molar-refractivity contribution in [3.05, 3.63) is 57.5 Å². The summed E-state index contributed by atoms with van der Waals surface area (Å²) in [5.41, 5.74) is 4.55. The molecule has 0 aromatic heterocycles. The van der Waals surface area contributed by atoms with Crippen molar-refractivity contribution in [2.24, 2.45) is 5.10 Å². The molecule has 2 amide bonds. The van der Waals surface area contributed by atoms with Gasteiger partial charge in [0, 0.05) is 33.0 Å². The van der Waals surface area contributed by atoms with Gasteiger partial charge < -0.3 is 10.6 Å². The molecule has 2 aromatic carbocycles. The standard InChI is InChI=1S/C17H16BrClN4O2/c1-2-20-16(24)17(25)23-21-10-11-9-12(18)3-8-15(11)22-14-6-4-13(19)5-7-14/h3-10,22H,2H2,1H3,(H,20,24)(H,23,25)/b21-10-. The van der Waals surface area contributed by atoms with E-state index in [-0.39, 0.29) is 0 Å². The Kier molecular flexibility index (Phi) is 6.97. The lowest BCUT2D eigenvalue weighted by atomic mass is 10.2. The number of hydrogen-bond acceptors (Lipinski definition) is 4.